The van der Waals surface area contributed by atoms with Gasteiger partial charge >= 0.3 is 0 Å². The molecule has 6 heteroatoms. The average Bonchev–Trinajstić information content (AvgIpc) is 3.03. The third-order valence-electron chi connectivity index (χ3n) is 6.33. The summed E-state index contributed by atoms with van der Waals surface area (Å²) >= 11 is 1.88. The van der Waals surface area contributed by atoms with Crippen LogP contribution in [0.1, 0.15) is 56.9 Å². The SMILES string of the molecule is O=C1NC(C2CCCCC2)=NC12CCN(SCCCc1cccc(O)c1)CC2. The van der Waals surface area contributed by atoms with Crippen LogP contribution in [0.2, 0.25) is 0 Å². The number of hydrogen-bond acceptors (Lipinski definition) is 5. The van der Waals surface area contributed by atoms with Crippen molar-refractivity contribution in [3.8, 4) is 5.75 Å². The first-order valence-corrected chi connectivity index (χ1v) is 11.7. The van der Waals surface area contributed by atoms with Crippen molar-refractivity contribution in [3.63, 3.8) is 0 Å². The van der Waals surface area contributed by atoms with Crippen molar-refractivity contribution in [2.75, 3.05) is 18.8 Å². The molecule has 1 saturated carbocycles. The molecule has 3 aliphatic rings. The third-order valence-corrected chi connectivity index (χ3v) is 7.54. The Bertz CT molecular complexity index is 722. The van der Waals surface area contributed by atoms with Crippen LogP contribution in [0, 0.1) is 5.92 Å². The van der Waals surface area contributed by atoms with E-state index in [9.17, 15) is 9.90 Å². The Morgan fingerprint density at radius 3 is 2.75 bits per heavy atom. The van der Waals surface area contributed by atoms with Gasteiger partial charge in [0.15, 0.2) is 0 Å². The fraction of sp³-hybridized carbons (Fsp3) is 0.636. The molecule has 1 saturated heterocycles. The number of carbonyl (C=O) groups is 1. The summed E-state index contributed by atoms with van der Waals surface area (Å²) in [6.45, 7) is 1.84. The number of amidine groups is 1. The van der Waals surface area contributed by atoms with Crippen molar-refractivity contribution < 1.29 is 9.90 Å². The van der Waals surface area contributed by atoms with E-state index in [1.807, 2.05) is 24.1 Å². The lowest BCUT2D eigenvalue weighted by Gasteiger charge is -2.34. The van der Waals surface area contributed by atoms with E-state index in [0.29, 0.717) is 11.7 Å². The number of aliphatic imine (C=N–C) groups is 1. The number of phenols is 1. The first-order chi connectivity index (χ1) is 13.6. The third kappa shape index (κ3) is 4.54. The van der Waals surface area contributed by atoms with Crippen molar-refractivity contribution in [1.29, 1.82) is 0 Å². The summed E-state index contributed by atoms with van der Waals surface area (Å²) in [6, 6.07) is 7.52. The lowest BCUT2D eigenvalue weighted by Crippen LogP contribution is -2.47. The molecule has 2 N–H and O–H groups in total. The molecule has 1 amide bonds. The molecule has 5 nitrogen and oxygen atoms in total. The predicted molar refractivity (Wildman–Crippen MR) is 115 cm³/mol. The number of aromatic hydroxyl groups is 1. The van der Waals surface area contributed by atoms with Crippen molar-refractivity contribution in [2.45, 2.75) is 63.3 Å². The molecule has 28 heavy (non-hydrogen) atoms. The molecule has 2 aliphatic heterocycles. The Morgan fingerprint density at radius 2 is 2.00 bits per heavy atom. The number of aryl methyl sites for hydroxylation is 1. The number of nitrogens with zero attached hydrogens (tertiary/aromatic N) is 2. The minimum atomic E-state index is -0.495. The summed E-state index contributed by atoms with van der Waals surface area (Å²) in [5, 5.41) is 12.7. The smallest absolute Gasteiger partial charge is 0.253 e. The molecule has 1 aromatic carbocycles. The summed E-state index contributed by atoms with van der Waals surface area (Å²) in [7, 11) is 0. The summed E-state index contributed by atoms with van der Waals surface area (Å²) < 4.78 is 2.40. The summed E-state index contributed by atoms with van der Waals surface area (Å²) in [4.78, 5) is 17.6. The highest BCUT2D eigenvalue weighted by molar-refractivity contribution is 7.97. The van der Waals surface area contributed by atoms with E-state index < -0.39 is 5.54 Å². The Hall–Kier alpha value is -1.53. The highest BCUT2D eigenvalue weighted by Crippen LogP contribution is 2.35. The zero-order valence-corrected chi connectivity index (χ0v) is 17.3. The van der Waals surface area contributed by atoms with Gasteiger partial charge in [-0.1, -0.05) is 43.3 Å². The van der Waals surface area contributed by atoms with E-state index in [1.54, 1.807) is 6.07 Å². The van der Waals surface area contributed by atoms with Gasteiger partial charge in [-0.25, -0.2) is 0 Å². The predicted octanol–water partition coefficient (Wildman–Crippen LogP) is 3.92. The zero-order chi connectivity index (χ0) is 19.4. The van der Waals surface area contributed by atoms with Crippen LogP contribution in [0.3, 0.4) is 0 Å². The fourth-order valence-corrected chi connectivity index (χ4v) is 5.59. The molecule has 2 heterocycles. The molecular formula is C22H31N3O2S. The van der Waals surface area contributed by atoms with E-state index in [-0.39, 0.29) is 5.91 Å². The van der Waals surface area contributed by atoms with Crippen LogP contribution in [-0.2, 0) is 11.2 Å². The van der Waals surface area contributed by atoms with E-state index in [0.717, 1.165) is 50.4 Å². The molecule has 1 aliphatic carbocycles. The van der Waals surface area contributed by atoms with Gasteiger partial charge in [-0.3, -0.25) is 14.1 Å². The van der Waals surface area contributed by atoms with E-state index in [4.69, 9.17) is 4.99 Å². The van der Waals surface area contributed by atoms with Crippen LogP contribution >= 0.6 is 11.9 Å². The number of carbonyl (C=O) groups excluding carboxylic acids is 1. The molecule has 0 radical (unpaired) electrons. The van der Waals surface area contributed by atoms with E-state index >= 15 is 0 Å². The van der Waals surface area contributed by atoms with Gasteiger partial charge in [0.05, 0.1) is 0 Å². The van der Waals surface area contributed by atoms with Crippen LogP contribution in [-0.4, -0.2) is 45.5 Å². The van der Waals surface area contributed by atoms with E-state index in [2.05, 4.69) is 15.7 Å². The van der Waals surface area contributed by atoms with Gasteiger partial charge in [-0.2, -0.15) is 0 Å². The van der Waals surface area contributed by atoms with Gasteiger partial charge in [-0.05, 0) is 56.2 Å². The number of hydrogen-bond donors (Lipinski definition) is 2. The molecule has 2 fully saturated rings. The van der Waals surface area contributed by atoms with Crippen LogP contribution in [0.5, 0.6) is 5.75 Å². The fourth-order valence-electron chi connectivity index (χ4n) is 4.62. The van der Waals surface area contributed by atoms with Gasteiger partial charge in [0.25, 0.3) is 5.91 Å². The summed E-state index contributed by atoms with van der Waals surface area (Å²) in [6.07, 6.45) is 9.92. The minimum Gasteiger partial charge on any atom is -0.508 e. The molecular weight excluding hydrogens is 370 g/mol. The van der Waals surface area contributed by atoms with Crippen molar-refractivity contribution in [3.05, 3.63) is 29.8 Å². The lowest BCUT2D eigenvalue weighted by molar-refractivity contribution is -0.124. The topological polar surface area (TPSA) is 64.9 Å². The Morgan fingerprint density at radius 1 is 1.21 bits per heavy atom. The normalized spacial score (nSPS) is 23.0. The monoisotopic (exact) mass is 401 g/mol. The highest BCUT2D eigenvalue weighted by atomic mass is 32.2. The van der Waals surface area contributed by atoms with Crippen molar-refractivity contribution >= 4 is 23.7 Å². The Balaban J connectivity index is 1.23. The molecule has 1 aromatic rings. The Kier molecular flexibility index (Phi) is 6.26. The minimum absolute atomic E-state index is 0.140. The number of nitrogens with one attached hydrogen (secondary N) is 1. The number of rotatable bonds is 6. The molecule has 0 unspecified atom stereocenters. The molecule has 0 bridgehead atoms. The van der Waals surface area contributed by atoms with Gasteiger partial charge in [0.2, 0.25) is 0 Å². The first kappa shape index (κ1) is 19.8. The van der Waals surface area contributed by atoms with Crippen molar-refractivity contribution in [2.24, 2.45) is 10.9 Å². The number of amides is 1. The van der Waals surface area contributed by atoms with Crippen LogP contribution in [0.15, 0.2) is 29.3 Å². The molecule has 0 atom stereocenters. The summed E-state index contributed by atoms with van der Waals surface area (Å²) in [5.41, 5.74) is 0.691. The summed E-state index contributed by atoms with van der Waals surface area (Å²) in [5.74, 6) is 3.00. The quantitative estimate of drug-likeness (QED) is 0.560. The molecule has 1 spiro atoms. The maximum atomic E-state index is 12.7. The van der Waals surface area contributed by atoms with Crippen LogP contribution in [0.4, 0.5) is 0 Å². The van der Waals surface area contributed by atoms with Crippen LogP contribution in [0.25, 0.3) is 0 Å². The average molecular weight is 402 g/mol. The number of piperidine rings is 1. The second kappa shape index (κ2) is 8.87. The van der Waals surface area contributed by atoms with E-state index in [1.165, 1.54) is 37.7 Å². The van der Waals surface area contributed by atoms with Gasteiger partial charge in [0.1, 0.15) is 17.1 Å². The second-order valence-electron chi connectivity index (χ2n) is 8.35. The van der Waals surface area contributed by atoms with Crippen LogP contribution < -0.4 is 5.32 Å². The first-order valence-electron chi connectivity index (χ1n) is 10.7. The zero-order valence-electron chi connectivity index (χ0n) is 16.5. The maximum absolute atomic E-state index is 12.7. The molecule has 0 aromatic heterocycles. The molecule has 152 valence electrons. The standard InChI is InChI=1S/C22H31N3O2S/c26-19-10-4-6-17(16-19)7-5-15-28-25-13-11-22(12-14-25)21(27)23-20(24-22)18-8-2-1-3-9-18/h4,6,10,16,18,26H,1-3,5,7-9,11-15H2,(H,23,24,27). The Labute approximate surface area is 172 Å². The number of benzene rings is 1. The second-order valence-corrected chi connectivity index (χ2v) is 9.54. The highest BCUT2D eigenvalue weighted by Gasteiger charge is 2.46. The van der Waals surface area contributed by atoms with Gasteiger partial charge in [-0.15, -0.1) is 0 Å². The van der Waals surface area contributed by atoms with Gasteiger partial charge in [0, 0.05) is 24.8 Å². The maximum Gasteiger partial charge on any atom is 0.253 e. The largest absolute Gasteiger partial charge is 0.508 e. The van der Waals surface area contributed by atoms with Crippen molar-refractivity contribution in [1.82, 2.24) is 9.62 Å². The molecule has 4 rings (SSSR count). The van der Waals surface area contributed by atoms with Gasteiger partial charge < -0.3 is 10.4 Å². The number of phenolic OH excluding ortho intramolecular Hbond substituents is 1. The lowest BCUT2D eigenvalue weighted by atomic mass is 9.88.